The van der Waals surface area contributed by atoms with Gasteiger partial charge in [-0.05, 0) is 50.4 Å². The SMILES string of the molecule is CCCOc1ncnc(Nc2c(Br)cccc2Br)c1N. The van der Waals surface area contributed by atoms with Gasteiger partial charge >= 0.3 is 0 Å². The Morgan fingerprint density at radius 3 is 2.60 bits per heavy atom. The first kappa shape index (κ1) is 15.1. The van der Waals surface area contributed by atoms with E-state index < -0.39 is 0 Å². The molecular formula is C13H14Br2N4O. The highest BCUT2D eigenvalue weighted by atomic mass is 79.9. The second-order valence-electron chi connectivity index (χ2n) is 4.01. The Morgan fingerprint density at radius 1 is 1.25 bits per heavy atom. The largest absolute Gasteiger partial charge is 0.476 e. The van der Waals surface area contributed by atoms with Crippen LogP contribution in [0.15, 0.2) is 33.5 Å². The Kier molecular flexibility index (Phi) is 5.19. The van der Waals surface area contributed by atoms with E-state index in [-0.39, 0.29) is 0 Å². The first-order valence-corrected chi connectivity index (χ1v) is 7.66. The summed E-state index contributed by atoms with van der Waals surface area (Å²) in [6.07, 6.45) is 2.32. The third kappa shape index (κ3) is 3.40. The van der Waals surface area contributed by atoms with E-state index in [0.717, 1.165) is 21.1 Å². The number of para-hydroxylation sites is 1. The molecule has 0 radical (unpaired) electrons. The van der Waals surface area contributed by atoms with Crippen LogP contribution >= 0.6 is 31.9 Å². The molecule has 0 spiro atoms. The maximum absolute atomic E-state index is 6.03. The number of aromatic nitrogens is 2. The van der Waals surface area contributed by atoms with E-state index in [2.05, 4.69) is 47.1 Å². The zero-order valence-corrected chi connectivity index (χ0v) is 14.0. The van der Waals surface area contributed by atoms with Crippen LogP contribution < -0.4 is 15.8 Å². The number of hydrogen-bond acceptors (Lipinski definition) is 5. The van der Waals surface area contributed by atoms with Crippen molar-refractivity contribution in [3.8, 4) is 5.88 Å². The average Bonchev–Trinajstić information content (AvgIpc) is 2.43. The molecule has 0 bridgehead atoms. The fourth-order valence-electron chi connectivity index (χ4n) is 1.53. The number of halogens is 2. The van der Waals surface area contributed by atoms with Crippen molar-refractivity contribution in [3.63, 3.8) is 0 Å². The number of ether oxygens (including phenoxy) is 1. The molecule has 1 heterocycles. The highest BCUT2D eigenvalue weighted by Crippen LogP contribution is 2.35. The van der Waals surface area contributed by atoms with Gasteiger partial charge in [0.05, 0.1) is 12.3 Å². The van der Waals surface area contributed by atoms with Crippen molar-refractivity contribution in [2.45, 2.75) is 13.3 Å². The summed E-state index contributed by atoms with van der Waals surface area (Å²) in [6.45, 7) is 2.59. The Labute approximate surface area is 134 Å². The van der Waals surface area contributed by atoms with Gasteiger partial charge in [0.2, 0.25) is 5.88 Å². The fraction of sp³-hybridized carbons (Fsp3) is 0.231. The minimum absolute atomic E-state index is 0.392. The minimum atomic E-state index is 0.392. The van der Waals surface area contributed by atoms with Crippen molar-refractivity contribution >= 4 is 49.1 Å². The van der Waals surface area contributed by atoms with Gasteiger partial charge in [0, 0.05) is 8.95 Å². The second-order valence-corrected chi connectivity index (χ2v) is 5.72. The van der Waals surface area contributed by atoms with E-state index in [0.29, 0.717) is 24.0 Å². The predicted molar refractivity (Wildman–Crippen MR) is 87.4 cm³/mol. The Balaban J connectivity index is 2.30. The van der Waals surface area contributed by atoms with E-state index in [4.69, 9.17) is 10.5 Å². The van der Waals surface area contributed by atoms with Gasteiger partial charge in [-0.2, -0.15) is 4.98 Å². The Bertz CT molecular complexity index is 587. The number of nitrogens with zero attached hydrogens (tertiary/aromatic N) is 2. The number of nitrogens with one attached hydrogen (secondary N) is 1. The molecule has 106 valence electrons. The highest BCUT2D eigenvalue weighted by Gasteiger charge is 2.12. The number of nitrogen functional groups attached to an aromatic ring is 1. The number of nitrogens with two attached hydrogens (primary N) is 1. The molecule has 1 aromatic carbocycles. The molecule has 0 saturated heterocycles. The smallest absolute Gasteiger partial charge is 0.242 e. The lowest BCUT2D eigenvalue weighted by Gasteiger charge is -2.13. The summed E-state index contributed by atoms with van der Waals surface area (Å²) >= 11 is 6.96. The van der Waals surface area contributed by atoms with E-state index in [1.807, 2.05) is 25.1 Å². The van der Waals surface area contributed by atoms with Crippen LogP contribution in [0.1, 0.15) is 13.3 Å². The molecule has 7 heteroatoms. The summed E-state index contributed by atoms with van der Waals surface area (Å²) in [5.74, 6) is 0.909. The molecule has 1 aromatic heterocycles. The monoisotopic (exact) mass is 400 g/mol. The molecule has 0 aliphatic heterocycles. The first-order valence-electron chi connectivity index (χ1n) is 6.07. The second kappa shape index (κ2) is 6.90. The van der Waals surface area contributed by atoms with Gasteiger partial charge in [-0.15, -0.1) is 0 Å². The lowest BCUT2D eigenvalue weighted by molar-refractivity contribution is 0.307. The summed E-state index contributed by atoms with van der Waals surface area (Å²) in [4.78, 5) is 8.20. The van der Waals surface area contributed by atoms with E-state index >= 15 is 0 Å². The molecule has 5 nitrogen and oxygen atoms in total. The lowest BCUT2D eigenvalue weighted by Crippen LogP contribution is -2.06. The molecule has 0 aliphatic rings. The zero-order chi connectivity index (χ0) is 14.5. The third-order valence-electron chi connectivity index (χ3n) is 2.50. The van der Waals surface area contributed by atoms with E-state index in [9.17, 15) is 0 Å². The first-order chi connectivity index (χ1) is 9.63. The molecule has 0 unspecified atom stereocenters. The number of benzene rings is 1. The van der Waals surface area contributed by atoms with Crippen LogP contribution in [0.25, 0.3) is 0 Å². The maximum Gasteiger partial charge on any atom is 0.242 e. The molecule has 0 aliphatic carbocycles. The van der Waals surface area contributed by atoms with Gasteiger partial charge in [0.25, 0.3) is 0 Å². The lowest BCUT2D eigenvalue weighted by atomic mass is 10.3. The van der Waals surface area contributed by atoms with Crippen LogP contribution in [0, 0.1) is 0 Å². The van der Waals surface area contributed by atoms with Crippen LogP contribution in [0.4, 0.5) is 17.2 Å². The van der Waals surface area contributed by atoms with Gasteiger partial charge in [-0.25, -0.2) is 4.98 Å². The topological polar surface area (TPSA) is 73.1 Å². The summed E-state index contributed by atoms with van der Waals surface area (Å²) in [5.41, 5.74) is 7.27. The van der Waals surface area contributed by atoms with Gasteiger partial charge in [0.1, 0.15) is 12.0 Å². The Hall–Kier alpha value is -1.34. The summed E-state index contributed by atoms with van der Waals surface area (Å²) in [7, 11) is 0. The highest BCUT2D eigenvalue weighted by molar-refractivity contribution is 9.11. The van der Waals surface area contributed by atoms with Crippen molar-refractivity contribution in [1.82, 2.24) is 9.97 Å². The molecule has 20 heavy (non-hydrogen) atoms. The molecule has 2 aromatic rings. The zero-order valence-electron chi connectivity index (χ0n) is 10.9. The average molecular weight is 402 g/mol. The standard InChI is InChI=1S/C13H14Br2N4O/c1-2-6-20-13-10(16)12(17-7-18-13)19-11-8(14)4-3-5-9(11)15/h3-5,7H,2,6,16H2,1H3,(H,17,18,19). The third-order valence-corrected chi connectivity index (χ3v) is 3.82. The van der Waals surface area contributed by atoms with Crippen LogP contribution in [0.3, 0.4) is 0 Å². The van der Waals surface area contributed by atoms with E-state index in [1.165, 1.54) is 6.33 Å². The van der Waals surface area contributed by atoms with Gasteiger partial charge in [-0.1, -0.05) is 13.0 Å². The van der Waals surface area contributed by atoms with Crippen molar-refractivity contribution in [2.75, 3.05) is 17.7 Å². The van der Waals surface area contributed by atoms with Crippen LogP contribution in [0.5, 0.6) is 5.88 Å². The molecule has 0 amide bonds. The molecule has 3 N–H and O–H groups in total. The summed E-state index contributed by atoms with van der Waals surface area (Å²) in [5, 5.41) is 3.18. The normalized spacial score (nSPS) is 10.3. The summed E-state index contributed by atoms with van der Waals surface area (Å²) < 4.78 is 7.29. The quantitative estimate of drug-likeness (QED) is 0.788. The van der Waals surface area contributed by atoms with Crippen molar-refractivity contribution in [2.24, 2.45) is 0 Å². The summed E-state index contributed by atoms with van der Waals surface area (Å²) in [6, 6.07) is 5.79. The molecule has 2 rings (SSSR count). The van der Waals surface area contributed by atoms with Crippen LogP contribution in [-0.4, -0.2) is 16.6 Å². The maximum atomic E-state index is 6.03. The molecular weight excluding hydrogens is 388 g/mol. The van der Waals surface area contributed by atoms with Crippen molar-refractivity contribution in [1.29, 1.82) is 0 Å². The van der Waals surface area contributed by atoms with Gasteiger partial charge in [0.15, 0.2) is 5.82 Å². The number of hydrogen-bond donors (Lipinski definition) is 2. The van der Waals surface area contributed by atoms with Crippen molar-refractivity contribution < 1.29 is 4.74 Å². The predicted octanol–water partition coefficient (Wildman–Crippen LogP) is 4.12. The molecule has 0 saturated carbocycles. The molecule has 0 fully saturated rings. The number of rotatable bonds is 5. The number of anilines is 3. The van der Waals surface area contributed by atoms with Gasteiger partial charge < -0.3 is 15.8 Å². The van der Waals surface area contributed by atoms with Crippen LogP contribution in [-0.2, 0) is 0 Å². The minimum Gasteiger partial charge on any atom is -0.476 e. The van der Waals surface area contributed by atoms with Crippen LogP contribution in [0.2, 0.25) is 0 Å². The van der Waals surface area contributed by atoms with Gasteiger partial charge in [-0.3, -0.25) is 0 Å². The van der Waals surface area contributed by atoms with Crippen molar-refractivity contribution in [3.05, 3.63) is 33.5 Å². The molecule has 0 atom stereocenters. The Morgan fingerprint density at radius 2 is 1.95 bits per heavy atom. The van der Waals surface area contributed by atoms with E-state index in [1.54, 1.807) is 0 Å². The fourth-order valence-corrected chi connectivity index (χ4v) is 2.73.